The quantitative estimate of drug-likeness (QED) is 0.486. The van der Waals surface area contributed by atoms with Crippen LogP contribution in [0, 0.1) is 5.82 Å². The molecule has 4 rings (SSSR count). The second-order valence-corrected chi connectivity index (χ2v) is 6.43. The second-order valence-electron chi connectivity index (χ2n) is 5.99. The second kappa shape index (κ2) is 7.21. The molecule has 0 spiro atoms. The number of H-pyrrole nitrogens is 1. The van der Waals surface area contributed by atoms with Crippen molar-refractivity contribution in [2.24, 2.45) is 0 Å². The lowest BCUT2D eigenvalue weighted by molar-refractivity contribution is 0.103. The van der Waals surface area contributed by atoms with Gasteiger partial charge in [-0.15, -0.1) is 0 Å². The van der Waals surface area contributed by atoms with Crippen LogP contribution in [-0.2, 0) is 6.61 Å². The maximum atomic E-state index is 14.4. The summed E-state index contributed by atoms with van der Waals surface area (Å²) in [6.07, 6.45) is 3.22. The molecule has 0 aliphatic carbocycles. The zero-order valence-corrected chi connectivity index (χ0v) is 14.8. The van der Waals surface area contributed by atoms with E-state index in [0.29, 0.717) is 21.6 Å². The minimum atomic E-state index is -0.590. The molecule has 2 heterocycles. The standard InChI is InChI=1S/C21H14ClFN2O2/c22-15-6-3-13(4-7-15)12-27-19-8-5-14(10-18(19)23)20(26)17-11-25-21-16(17)2-1-9-24-21/h1-11H,12H2,(H,24,25). The molecule has 0 saturated carbocycles. The van der Waals surface area contributed by atoms with Gasteiger partial charge in [-0.25, -0.2) is 9.37 Å². The molecular weight excluding hydrogens is 367 g/mol. The molecule has 0 unspecified atom stereocenters. The lowest BCUT2D eigenvalue weighted by Gasteiger charge is -2.09. The molecule has 0 aliphatic rings. The average Bonchev–Trinajstić information content (AvgIpc) is 3.12. The number of aromatic nitrogens is 2. The molecule has 4 aromatic rings. The van der Waals surface area contributed by atoms with Crippen LogP contribution in [0.3, 0.4) is 0 Å². The summed E-state index contributed by atoms with van der Waals surface area (Å²) in [5.41, 5.74) is 2.18. The van der Waals surface area contributed by atoms with Gasteiger partial charge in [-0.05, 0) is 48.0 Å². The van der Waals surface area contributed by atoms with Crippen molar-refractivity contribution in [1.82, 2.24) is 9.97 Å². The van der Waals surface area contributed by atoms with E-state index in [1.54, 1.807) is 42.7 Å². The Morgan fingerprint density at radius 1 is 1.15 bits per heavy atom. The van der Waals surface area contributed by atoms with E-state index in [9.17, 15) is 9.18 Å². The summed E-state index contributed by atoms with van der Waals surface area (Å²) >= 11 is 5.84. The number of hydrogen-bond acceptors (Lipinski definition) is 3. The summed E-state index contributed by atoms with van der Waals surface area (Å²) < 4.78 is 19.9. The first kappa shape index (κ1) is 17.2. The summed E-state index contributed by atoms with van der Waals surface area (Å²) in [4.78, 5) is 19.8. The molecule has 6 heteroatoms. The molecule has 0 atom stereocenters. The molecule has 0 amide bonds. The van der Waals surface area contributed by atoms with Crippen molar-refractivity contribution in [3.8, 4) is 5.75 Å². The smallest absolute Gasteiger partial charge is 0.195 e. The number of halogens is 2. The summed E-state index contributed by atoms with van der Waals surface area (Å²) in [6.45, 7) is 0.204. The van der Waals surface area contributed by atoms with Crippen molar-refractivity contribution in [2.75, 3.05) is 0 Å². The van der Waals surface area contributed by atoms with E-state index < -0.39 is 5.82 Å². The number of ether oxygens (including phenoxy) is 1. The largest absolute Gasteiger partial charge is 0.486 e. The molecule has 0 fully saturated rings. The van der Waals surface area contributed by atoms with Crippen LogP contribution in [-0.4, -0.2) is 15.8 Å². The third-order valence-corrected chi connectivity index (χ3v) is 4.45. The van der Waals surface area contributed by atoms with Gasteiger partial charge in [0.25, 0.3) is 0 Å². The number of carbonyl (C=O) groups excluding carboxylic acids is 1. The van der Waals surface area contributed by atoms with Crippen molar-refractivity contribution in [1.29, 1.82) is 0 Å². The highest BCUT2D eigenvalue weighted by Gasteiger charge is 2.16. The van der Waals surface area contributed by atoms with E-state index in [-0.39, 0.29) is 23.7 Å². The highest BCUT2D eigenvalue weighted by molar-refractivity contribution is 6.30. The first-order valence-electron chi connectivity index (χ1n) is 8.25. The molecule has 0 radical (unpaired) electrons. The first-order valence-corrected chi connectivity index (χ1v) is 8.63. The number of fused-ring (bicyclic) bond motifs is 1. The number of nitrogens with one attached hydrogen (secondary N) is 1. The summed E-state index contributed by atoms with van der Waals surface area (Å²) in [6, 6.07) is 14.9. The van der Waals surface area contributed by atoms with Gasteiger partial charge in [0, 0.05) is 33.9 Å². The van der Waals surface area contributed by atoms with Gasteiger partial charge in [-0.1, -0.05) is 23.7 Å². The van der Waals surface area contributed by atoms with Gasteiger partial charge in [0.1, 0.15) is 12.3 Å². The normalized spacial score (nSPS) is 10.9. The molecular formula is C21H14ClFN2O2. The zero-order chi connectivity index (χ0) is 18.8. The molecule has 27 heavy (non-hydrogen) atoms. The van der Waals surface area contributed by atoms with Crippen molar-refractivity contribution in [2.45, 2.75) is 6.61 Å². The maximum Gasteiger partial charge on any atom is 0.195 e. The predicted octanol–water partition coefficient (Wildman–Crippen LogP) is 5.17. The Balaban J connectivity index is 1.54. The lowest BCUT2D eigenvalue weighted by atomic mass is 10.0. The number of carbonyl (C=O) groups is 1. The van der Waals surface area contributed by atoms with E-state index in [2.05, 4.69) is 9.97 Å². The van der Waals surface area contributed by atoms with Gasteiger partial charge in [0.2, 0.25) is 0 Å². The van der Waals surface area contributed by atoms with Gasteiger partial charge in [-0.2, -0.15) is 0 Å². The SMILES string of the molecule is O=C(c1ccc(OCc2ccc(Cl)cc2)c(F)c1)c1c[nH]c2ncccc12. The highest BCUT2D eigenvalue weighted by atomic mass is 35.5. The van der Waals surface area contributed by atoms with E-state index >= 15 is 0 Å². The molecule has 0 bridgehead atoms. The minimum Gasteiger partial charge on any atom is -0.486 e. The Hall–Kier alpha value is -3.18. The molecule has 0 aliphatic heterocycles. The molecule has 134 valence electrons. The predicted molar refractivity (Wildman–Crippen MR) is 102 cm³/mol. The summed E-state index contributed by atoms with van der Waals surface area (Å²) in [5, 5.41) is 1.33. The number of hydrogen-bond donors (Lipinski definition) is 1. The Morgan fingerprint density at radius 3 is 2.74 bits per heavy atom. The van der Waals surface area contributed by atoms with E-state index in [1.807, 2.05) is 12.1 Å². The number of rotatable bonds is 5. The van der Waals surface area contributed by atoms with Crippen LogP contribution < -0.4 is 4.74 Å². The third kappa shape index (κ3) is 3.55. The van der Waals surface area contributed by atoms with Crippen molar-refractivity contribution in [3.05, 3.63) is 94.5 Å². The van der Waals surface area contributed by atoms with Gasteiger partial charge in [-0.3, -0.25) is 4.79 Å². The van der Waals surface area contributed by atoms with Crippen molar-refractivity contribution >= 4 is 28.4 Å². The fourth-order valence-electron chi connectivity index (χ4n) is 2.80. The molecule has 2 aromatic carbocycles. The number of nitrogens with zero attached hydrogens (tertiary/aromatic N) is 1. The van der Waals surface area contributed by atoms with Crippen LogP contribution in [0.15, 0.2) is 67.0 Å². The van der Waals surface area contributed by atoms with Gasteiger partial charge >= 0.3 is 0 Å². The van der Waals surface area contributed by atoms with Crippen molar-refractivity contribution < 1.29 is 13.9 Å². The number of pyridine rings is 1. The van der Waals surface area contributed by atoms with Crippen LogP contribution in [0.1, 0.15) is 21.5 Å². The molecule has 0 saturated heterocycles. The Kier molecular flexibility index (Phi) is 4.60. The maximum absolute atomic E-state index is 14.4. The summed E-state index contributed by atoms with van der Waals surface area (Å²) in [5.74, 6) is -0.785. The lowest BCUT2D eigenvalue weighted by Crippen LogP contribution is -2.03. The first-order chi connectivity index (χ1) is 13.1. The van der Waals surface area contributed by atoms with Gasteiger partial charge in [0.05, 0.1) is 0 Å². The van der Waals surface area contributed by atoms with Gasteiger partial charge in [0.15, 0.2) is 17.3 Å². The van der Waals surface area contributed by atoms with E-state index in [1.165, 1.54) is 12.1 Å². The zero-order valence-electron chi connectivity index (χ0n) is 14.1. The Bertz CT molecular complexity index is 1120. The van der Waals surface area contributed by atoms with E-state index in [4.69, 9.17) is 16.3 Å². The van der Waals surface area contributed by atoms with Crippen molar-refractivity contribution in [3.63, 3.8) is 0 Å². The fourth-order valence-corrected chi connectivity index (χ4v) is 2.93. The van der Waals surface area contributed by atoms with Crippen LogP contribution in [0.5, 0.6) is 5.75 Å². The fraction of sp³-hybridized carbons (Fsp3) is 0.0476. The average molecular weight is 381 g/mol. The highest BCUT2D eigenvalue weighted by Crippen LogP contribution is 2.24. The van der Waals surface area contributed by atoms with E-state index in [0.717, 1.165) is 5.56 Å². The third-order valence-electron chi connectivity index (χ3n) is 4.20. The van der Waals surface area contributed by atoms with Crippen LogP contribution in [0.4, 0.5) is 4.39 Å². The topological polar surface area (TPSA) is 55.0 Å². The summed E-state index contributed by atoms with van der Waals surface area (Å²) in [7, 11) is 0. The van der Waals surface area contributed by atoms with Crippen LogP contribution in [0.25, 0.3) is 11.0 Å². The number of ketones is 1. The molecule has 1 N–H and O–H groups in total. The monoisotopic (exact) mass is 380 g/mol. The number of aromatic amines is 1. The number of benzene rings is 2. The molecule has 4 nitrogen and oxygen atoms in total. The Labute approximate surface area is 159 Å². The molecule has 2 aromatic heterocycles. The minimum absolute atomic E-state index is 0.0853. The van der Waals surface area contributed by atoms with Crippen LogP contribution >= 0.6 is 11.6 Å². The van der Waals surface area contributed by atoms with Gasteiger partial charge < -0.3 is 9.72 Å². The van der Waals surface area contributed by atoms with Crippen LogP contribution in [0.2, 0.25) is 5.02 Å². The Morgan fingerprint density at radius 2 is 1.96 bits per heavy atom.